The fourth-order valence-electron chi connectivity index (χ4n) is 2.96. The van der Waals surface area contributed by atoms with Crippen molar-refractivity contribution in [1.82, 2.24) is 9.78 Å². The van der Waals surface area contributed by atoms with Crippen molar-refractivity contribution in [2.75, 3.05) is 5.32 Å². The first-order valence-electron chi connectivity index (χ1n) is 8.86. The Balaban J connectivity index is 1.42. The highest BCUT2D eigenvalue weighted by atomic mass is 79.9. The van der Waals surface area contributed by atoms with Crippen molar-refractivity contribution in [3.63, 3.8) is 0 Å². The smallest absolute Gasteiger partial charge is 0.269 e. The third-order valence-electron chi connectivity index (χ3n) is 4.46. The van der Waals surface area contributed by atoms with Gasteiger partial charge in [-0.1, -0.05) is 74.1 Å². The number of hydrogen-bond donors (Lipinski definition) is 1. The van der Waals surface area contributed by atoms with Crippen LogP contribution < -0.4 is 5.32 Å². The number of rotatable bonds is 5. The Morgan fingerprint density at radius 1 is 1.17 bits per heavy atom. The van der Waals surface area contributed by atoms with E-state index in [1.54, 1.807) is 29.1 Å². The fourth-order valence-corrected chi connectivity index (χ4v) is 4.08. The van der Waals surface area contributed by atoms with Crippen LogP contribution in [0.15, 0.2) is 58.3 Å². The van der Waals surface area contributed by atoms with Gasteiger partial charge in [0.05, 0.1) is 12.3 Å². The largest absolute Gasteiger partial charge is 0.382 e. The molecule has 0 radical (unpaired) electrons. The van der Waals surface area contributed by atoms with E-state index in [2.05, 4.69) is 31.5 Å². The Hall–Kier alpha value is -2.06. The number of anilines is 1. The summed E-state index contributed by atoms with van der Waals surface area (Å²) in [5.74, 6) is -0.156. The highest BCUT2D eigenvalue weighted by molar-refractivity contribution is 9.10. The van der Waals surface area contributed by atoms with Crippen molar-refractivity contribution in [3.05, 3.63) is 79.3 Å². The van der Waals surface area contributed by atoms with Gasteiger partial charge in [0.15, 0.2) is 5.82 Å². The third-order valence-corrected chi connectivity index (χ3v) is 5.94. The molecule has 3 aromatic rings. The van der Waals surface area contributed by atoms with E-state index in [1.165, 1.54) is 0 Å². The minimum Gasteiger partial charge on any atom is -0.382 e. The molecule has 154 valence electrons. The van der Waals surface area contributed by atoms with Gasteiger partial charge in [-0.25, -0.2) is 0 Å². The Labute approximate surface area is 195 Å². The van der Waals surface area contributed by atoms with Crippen molar-refractivity contribution in [2.24, 2.45) is 5.16 Å². The second-order valence-corrected chi connectivity index (χ2v) is 8.70. The fraction of sp³-hybridized carbons (Fsp3) is 0.150. The van der Waals surface area contributed by atoms with Crippen molar-refractivity contribution in [1.29, 1.82) is 0 Å². The van der Waals surface area contributed by atoms with Crippen LogP contribution in [0.3, 0.4) is 0 Å². The monoisotopic (exact) mass is 526 g/mol. The van der Waals surface area contributed by atoms with Crippen LogP contribution in [0, 0.1) is 0 Å². The van der Waals surface area contributed by atoms with Crippen molar-refractivity contribution < 1.29 is 9.63 Å². The standard InChI is InChI=1S/C20H14BrCl3N4O2/c21-12-4-1-3-11(7-12)17-8-18(30-27-17)20(29)25-19-16(24)10-28(26-19)9-13-14(22)5-2-6-15(13)23/h1-7,10,18H,8-9H2,(H,25,26,29). The molecule has 2 aromatic carbocycles. The van der Waals surface area contributed by atoms with Gasteiger partial charge in [0, 0.05) is 38.3 Å². The summed E-state index contributed by atoms with van der Waals surface area (Å²) in [5, 5.41) is 12.4. The number of nitrogens with one attached hydrogen (secondary N) is 1. The lowest BCUT2D eigenvalue weighted by Gasteiger charge is -2.08. The van der Waals surface area contributed by atoms with E-state index in [0.29, 0.717) is 34.3 Å². The van der Waals surface area contributed by atoms with Crippen LogP contribution in [0.2, 0.25) is 15.1 Å². The highest BCUT2D eigenvalue weighted by Gasteiger charge is 2.30. The van der Waals surface area contributed by atoms with Gasteiger partial charge in [-0.05, 0) is 24.3 Å². The van der Waals surface area contributed by atoms with Crippen molar-refractivity contribution >= 4 is 68.2 Å². The van der Waals surface area contributed by atoms with Crippen LogP contribution in [0.25, 0.3) is 0 Å². The summed E-state index contributed by atoms with van der Waals surface area (Å²) in [4.78, 5) is 17.9. The molecule has 1 aliphatic rings. The Bertz CT molecular complexity index is 1130. The molecule has 0 spiro atoms. The SMILES string of the molecule is O=C(Nc1nn(Cc2c(Cl)cccc2Cl)cc1Cl)C1CC(c2cccc(Br)c2)=NO1. The molecule has 1 atom stereocenters. The van der Waals surface area contributed by atoms with E-state index in [-0.39, 0.29) is 16.7 Å². The zero-order valence-electron chi connectivity index (χ0n) is 15.3. The molecule has 30 heavy (non-hydrogen) atoms. The van der Waals surface area contributed by atoms with Crippen molar-refractivity contribution in [3.8, 4) is 0 Å². The first-order valence-corrected chi connectivity index (χ1v) is 10.8. The van der Waals surface area contributed by atoms with E-state index in [9.17, 15) is 4.79 Å². The first-order chi connectivity index (χ1) is 14.4. The normalized spacial score (nSPS) is 15.6. The maximum absolute atomic E-state index is 12.6. The van der Waals surface area contributed by atoms with Gasteiger partial charge in [-0.15, -0.1) is 0 Å². The van der Waals surface area contributed by atoms with Gasteiger partial charge in [0.2, 0.25) is 6.10 Å². The molecule has 0 fully saturated rings. The number of hydrogen-bond acceptors (Lipinski definition) is 4. The number of carbonyl (C=O) groups is 1. The Morgan fingerprint density at radius 3 is 2.63 bits per heavy atom. The lowest BCUT2D eigenvalue weighted by molar-refractivity contribution is -0.125. The molecular formula is C20H14BrCl3N4O2. The maximum atomic E-state index is 12.6. The summed E-state index contributed by atoms with van der Waals surface area (Å²) in [5.41, 5.74) is 2.30. The molecule has 2 heterocycles. The van der Waals surface area contributed by atoms with E-state index >= 15 is 0 Å². The molecule has 0 saturated heterocycles. The van der Waals surface area contributed by atoms with Gasteiger partial charge in [-0.2, -0.15) is 5.10 Å². The minimum absolute atomic E-state index is 0.226. The molecule has 10 heteroatoms. The average molecular weight is 529 g/mol. The lowest BCUT2D eigenvalue weighted by atomic mass is 10.0. The first kappa shape index (κ1) is 21.2. The van der Waals surface area contributed by atoms with Gasteiger partial charge >= 0.3 is 0 Å². The van der Waals surface area contributed by atoms with Crippen LogP contribution in [0.4, 0.5) is 5.82 Å². The van der Waals surface area contributed by atoms with Gasteiger partial charge in [-0.3, -0.25) is 9.48 Å². The van der Waals surface area contributed by atoms with E-state index < -0.39 is 6.10 Å². The van der Waals surface area contributed by atoms with Crippen molar-refractivity contribution in [2.45, 2.75) is 19.1 Å². The van der Waals surface area contributed by atoms with Crippen LogP contribution >= 0.6 is 50.7 Å². The predicted molar refractivity (Wildman–Crippen MR) is 122 cm³/mol. The molecule has 1 N–H and O–H groups in total. The molecule has 6 nitrogen and oxygen atoms in total. The summed E-state index contributed by atoms with van der Waals surface area (Å²) < 4.78 is 2.48. The topological polar surface area (TPSA) is 68.5 Å². The summed E-state index contributed by atoms with van der Waals surface area (Å²) in [7, 11) is 0. The number of nitrogens with zero attached hydrogens (tertiary/aromatic N) is 3. The number of amides is 1. The zero-order chi connectivity index (χ0) is 21.3. The molecular weight excluding hydrogens is 515 g/mol. The second-order valence-electron chi connectivity index (χ2n) is 6.56. The number of oxime groups is 1. The van der Waals surface area contributed by atoms with Crippen LogP contribution in [0.1, 0.15) is 17.5 Å². The zero-order valence-corrected chi connectivity index (χ0v) is 19.1. The molecule has 0 saturated carbocycles. The quantitative estimate of drug-likeness (QED) is 0.456. The number of halogens is 4. The number of carbonyl (C=O) groups excluding carboxylic acids is 1. The molecule has 1 aromatic heterocycles. The molecule has 0 bridgehead atoms. The summed E-state index contributed by atoms with van der Waals surface area (Å²) in [6.07, 6.45) is 1.17. The van der Waals surface area contributed by atoms with Gasteiger partial charge in [0.1, 0.15) is 5.02 Å². The Kier molecular flexibility index (Phi) is 6.34. The summed E-state index contributed by atoms with van der Waals surface area (Å²) in [6, 6.07) is 12.9. The number of benzene rings is 2. The lowest BCUT2D eigenvalue weighted by Crippen LogP contribution is -2.28. The third kappa shape index (κ3) is 4.64. The second kappa shape index (κ2) is 8.98. The summed E-state index contributed by atoms with van der Waals surface area (Å²) >= 11 is 22.1. The molecule has 4 rings (SSSR count). The maximum Gasteiger partial charge on any atom is 0.269 e. The summed E-state index contributed by atoms with van der Waals surface area (Å²) in [6.45, 7) is 0.310. The molecule has 1 aliphatic heterocycles. The van der Waals surface area contributed by atoms with Gasteiger partial charge < -0.3 is 10.2 Å². The molecule has 1 unspecified atom stereocenters. The van der Waals surface area contributed by atoms with Gasteiger partial charge in [0.25, 0.3) is 5.91 Å². The van der Waals surface area contributed by atoms with Crippen LogP contribution in [-0.4, -0.2) is 27.5 Å². The molecule has 0 aliphatic carbocycles. The van der Waals surface area contributed by atoms with Crippen LogP contribution in [-0.2, 0) is 16.2 Å². The average Bonchev–Trinajstić information content (AvgIpc) is 3.32. The highest BCUT2D eigenvalue weighted by Crippen LogP contribution is 2.27. The van der Waals surface area contributed by atoms with Crippen LogP contribution in [0.5, 0.6) is 0 Å². The van der Waals surface area contributed by atoms with E-state index in [0.717, 1.165) is 10.0 Å². The number of aromatic nitrogens is 2. The van der Waals surface area contributed by atoms with E-state index in [1.807, 2.05) is 24.3 Å². The minimum atomic E-state index is -0.766. The molecule has 1 amide bonds. The van der Waals surface area contributed by atoms with E-state index in [4.69, 9.17) is 39.6 Å². The predicted octanol–water partition coefficient (Wildman–Crippen LogP) is 5.79. The Morgan fingerprint density at radius 2 is 1.90 bits per heavy atom.